The molecule has 0 bridgehead atoms. The first-order valence-corrected chi connectivity index (χ1v) is 8.72. The average Bonchev–Trinajstić information content (AvgIpc) is 3.39. The number of carbonyl (C=O) groups is 1. The number of H-pyrrole nitrogens is 2. The third-order valence-electron chi connectivity index (χ3n) is 4.84. The number of aromatic nitrogens is 4. The Morgan fingerprint density at radius 1 is 1.38 bits per heavy atom. The minimum atomic E-state index is -0.00664. The van der Waals surface area contributed by atoms with E-state index in [-0.39, 0.29) is 11.8 Å². The van der Waals surface area contributed by atoms with E-state index in [1.807, 2.05) is 35.4 Å². The molecule has 2 N–H and O–H groups in total. The van der Waals surface area contributed by atoms with Gasteiger partial charge in [0.05, 0.1) is 24.6 Å². The zero-order valence-corrected chi connectivity index (χ0v) is 14.6. The van der Waals surface area contributed by atoms with Crippen molar-refractivity contribution in [1.29, 1.82) is 0 Å². The minimum absolute atomic E-state index is 0.00664. The van der Waals surface area contributed by atoms with Crippen molar-refractivity contribution in [3.63, 3.8) is 0 Å². The highest BCUT2D eigenvalue weighted by Gasteiger charge is 2.28. The fourth-order valence-corrected chi connectivity index (χ4v) is 3.50. The quantitative estimate of drug-likeness (QED) is 0.757. The molecule has 0 aliphatic carbocycles. The first-order valence-electron chi connectivity index (χ1n) is 8.72. The van der Waals surface area contributed by atoms with Crippen LogP contribution in [0, 0.1) is 0 Å². The average molecular weight is 351 g/mol. The molecule has 1 fully saturated rings. The summed E-state index contributed by atoms with van der Waals surface area (Å²) in [7, 11) is 1.63. The van der Waals surface area contributed by atoms with Gasteiger partial charge in [-0.15, -0.1) is 0 Å². The van der Waals surface area contributed by atoms with Crippen LogP contribution in [-0.4, -0.2) is 51.2 Å². The Labute approximate surface area is 151 Å². The van der Waals surface area contributed by atoms with E-state index in [4.69, 9.17) is 4.74 Å². The van der Waals surface area contributed by atoms with Gasteiger partial charge in [0.2, 0.25) is 0 Å². The lowest BCUT2D eigenvalue weighted by Gasteiger charge is -2.31. The molecule has 1 aliphatic heterocycles. The van der Waals surface area contributed by atoms with E-state index in [0.29, 0.717) is 17.8 Å². The maximum absolute atomic E-state index is 13.1. The van der Waals surface area contributed by atoms with Crippen LogP contribution < -0.4 is 4.74 Å². The smallest absolute Gasteiger partial charge is 0.257 e. The van der Waals surface area contributed by atoms with Crippen molar-refractivity contribution in [3.8, 4) is 17.0 Å². The van der Waals surface area contributed by atoms with Crippen LogP contribution in [0.3, 0.4) is 0 Å². The van der Waals surface area contributed by atoms with Crippen molar-refractivity contribution >= 4 is 5.91 Å². The molecule has 1 aromatic carbocycles. The second-order valence-electron chi connectivity index (χ2n) is 6.46. The highest BCUT2D eigenvalue weighted by atomic mass is 16.5. The molecule has 1 unspecified atom stereocenters. The lowest BCUT2D eigenvalue weighted by Crippen LogP contribution is -2.39. The van der Waals surface area contributed by atoms with Gasteiger partial charge in [0, 0.05) is 37.0 Å². The third-order valence-corrected chi connectivity index (χ3v) is 4.84. The van der Waals surface area contributed by atoms with Gasteiger partial charge in [0.1, 0.15) is 11.6 Å². The summed E-state index contributed by atoms with van der Waals surface area (Å²) in [6, 6.07) is 7.61. The summed E-state index contributed by atoms with van der Waals surface area (Å²) in [5.41, 5.74) is 2.18. The highest BCUT2D eigenvalue weighted by Crippen LogP contribution is 2.29. The van der Waals surface area contributed by atoms with Crippen molar-refractivity contribution in [1.82, 2.24) is 25.1 Å². The topological polar surface area (TPSA) is 86.9 Å². The Bertz CT molecular complexity index is 887. The van der Waals surface area contributed by atoms with E-state index in [1.54, 1.807) is 19.5 Å². The zero-order valence-electron chi connectivity index (χ0n) is 14.6. The third kappa shape index (κ3) is 3.08. The summed E-state index contributed by atoms with van der Waals surface area (Å²) in [6.45, 7) is 1.41. The molecule has 1 saturated heterocycles. The monoisotopic (exact) mass is 351 g/mol. The molecule has 1 atom stereocenters. The standard InChI is InChI=1S/C19H21N5O2/c1-26-15-6-2-4-13(10-15)17-16(11-22-23-17)19(25)24-9-3-5-14(12-24)18-20-7-8-21-18/h2,4,6-8,10-11,14H,3,5,9,12H2,1H3,(H,20,21)(H,22,23). The maximum atomic E-state index is 13.1. The van der Waals surface area contributed by atoms with E-state index in [0.717, 1.165) is 36.5 Å². The Morgan fingerprint density at radius 3 is 3.12 bits per heavy atom. The number of carbonyl (C=O) groups excluding carboxylic acids is 1. The molecule has 0 saturated carbocycles. The molecule has 3 heterocycles. The number of hydrogen-bond donors (Lipinski definition) is 2. The second kappa shape index (κ2) is 7.03. The lowest BCUT2D eigenvalue weighted by atomic mass is 9.96. The first-order chi connectivity index (χ1) is 12.8. The maximum Gasteiger partial charge on any atom is 0.257 e. The summed E-state index contributed by atoms with van der Waals surface area (Å²) in [6.07, 6.45) is 7.18. The summed E-state index contributed by atoms with van der Waals surface area (Å²) < 4.78 is 5.28. The lowest BCUT2D eigenvalue weighted by molar-refractivity contribution is 0.0705. The normalized spacial score (nSPS) is 17.3. The summed E-state index contributed by atoms with van der Waals surface area (Å²) >= 11 is 0. The molecule has 134 valence electrons. The predicted molar refractivity (Wildman–Crippen MR) is 97.0 cm³/mol. The number of aromatic amines is 2. The summed E-state index contributed by atoms with van der Waals surface area (Å²) in [4.78, 5) is 22.5. The number of hydrogen-bond acceptors (Lipinski definition) is 4. The molecule has 7 nitrogen and oxygen atoms in total. The SMILES string of the molecule is COc1cccc(-c2[nH]ncc2C(=O)N2CCCC(c3ncc[nH]3)C2)c1. The fraction of sp³-hybridized carbons (Fsp3) is 0.316. The molecule has 0 spiro atoms. The highest BCUT2D eigenvalue weighted by molar-refractivity contribution is 5.99. The van der Waals surface area contributed by atoms with E-state index < -0.39 is 0 Å². The van der Waals surface area contributed by atoms with Gasteiger partial charge in [0.15, 0.2) is 0 Å². The van der Waals surface area contributed by atoms with E-state index in [1.165, 1.54) is 0 Å². The van der Waals surface area contributed by atoms with Gasteiger partial charge in [-0.3, -0.25) is 9.89 Å². The number of nitrogens with zero attached hydrogens (tertiary/aromatic N) is 3. The van der Waals surface area contributed by atoms with Crippen molar-refractivity contribution in [3.05, 3.63) is 54.2 Å². The summed E-state index contributed by atoms with van der Waals surface area (Å²) in [5, 5.41) is 7.07. The van der Waals surface area contributed by atoms with Crippen LogP contribution in [0.1, 0.15) is 34.9 Å². The molecule has 0 radical (unpaired) electrons. The van der Waals surface area contributed by atoms with Crippen molar-refractivity contribution in [2.75, 3.05) is 20.2 Å². The van der Waals surface area contributed by atoms with Gasteiger partial charge in [-0.05, 0) is 25.0 Å². The van der Waals surface area contributed by atoms with Crippen molar-refractivity contribution in [2.24, 2.45) is 0 Å². The fourth-order valence-electron chi connectivity index (χ4n) is 3.50. The predicted octanol–water partition coefficient (Wildman–Crippen LogP) is 2.83. The Kier molecular flexibility index (Phi) is 4.43. The van der Waals surface area contributed by atoms with Crippen LogP contribution in [-0.2, 0) is 0 Å². The minimum Gasteiger partial charge on any atom is -0.497 e. The number of benzene rings is 1. The largest absolute Gasteiger partial charge is 0.497 e. The number of likely N-dealkylation sites (tertiary alicyclic amines) is 1. The van der Waals surface area contributed by atoms with Gasteiger partial charge in [-0.2, -0.15) is 5.10 Å². The molecule has 1 amide bonds. The van der Waals surface area contributed by atoms with Gasteiger partial charge in [-0.1, -0.05) is 12.1 Å². The van der Waals surface area contributed by atoms with Crippen LogP contribution >= 0.6 is 0 Å². The van der Waals surface area contributed by atoms with Crippen LogP contribution in [0.2, 0.25) is 0 Å². The molecule has 2 aromatic heterocycles. The van der Waals surface area contributed by atoms with E-state index in [2.05, 4.69) is 20.2 Å². The molecule has 7 heteroatoms. The number of amides is 1. The molecule has 4 rings (SSSR count). The number of nitrogens with one attached hydrogen (secondary N) is 2. The molecular weight excluding hydrogens is 330 g/mol. The van der Waals surface area contributed by atoms with Crippen molar-refractivity contribution < 1.29 is 9.53 Å². The number of rotatable bonds is 4. The second-order valence-corrected chi connectivity index (χ2v) is 6.46. The van der Waals surface area contributed by atoms with Gasteiger partial charge >= 0.3 is 0 Å². The summed E-state index contributed by atoms with van der Waals surface area (Å²) in [5.74, 6) is 1.93. The van der Waals surface area contributed by atoms with Gasteiger partial charge in [-0.25, -0.2) is 4.98 Å². The number of piperidine rings is 1. The van der Waals surface area contributed by atoms with Crippen LogP contribution in [0.5, 0.6) is 5.75 Å². The molecule has 1 aliphatic rings. The van der Waals surface area contributed by atoms with E-state index in [9.17, 15) is 4.79 Å². The molecule has 26 heavy (non-hydrogen) atoms. The first kappa shape index (κ1) is 16.4. The Morgan fingerprint density at radius 2 is 2.31 bits per heavy atom. The molecule has 3 aromatic rings. The van der Waals surface area contributed by atoms with Crippen LogP contribution in [0.4, 0.5) is 0 Å². The number of methoxy groups -OCH3 is 1. The Hall–Kier alpha value is -3.09. The van der Waals surface area contributed by atoms with E-state index >= 15 is 0 Å². The number of imidazole rings is 1. The number of ether oxygens (including phenoxy) is 1. The Balaban J connectivity index is 1.58. The molecular formula is C19H21N5O2. The zero-order chi connectivity index (χ0) is 17.9. The van der Waals surface area contributed by atoms with Gasteiger partial charge < -0.3 is 14.6 Å². The van der Waals surface area contributed by atoms with Gasteiger partial charge in [0.25, 0.3) is 5.91 Å². The van der Waals surface area contributed by atoms with Crippen molar-refractivity contribution in [2.45, 2.75) is 18.8 Å². The van der Waals surface area contributed by atoms with Crippen LogP contribution in [0.15, 0.2) is 42.9 Å². The van der Waals surface area contributed by atoms with Crippen LogP contribution in [0.25, 0.3) is 11.3 Å².